The fraction of sp³-hybridized carbons (Fsp3) is 0.188. The first-order valence-corrected chi connectivity index (χ1v) is 6.60. The number of halogens is 2. The van der Waals surface area contributed by atoms with Gasteiger partial charge in [-0.2, -0.15) is 0 Å². The van der Waals surface area contributed by atoms with Gasteiger partial charge in [-0.3, -0.25) is 4.79 Å². The molecule has 0 radical (unpaired) electrons. The number of carbonyl (C=O) groups excluding carboxylic acids is 1. The summed E-state index contributed by atoms with van der Waals surface area (Å²) in [5.74, 6) is -0.324. The Kier molecular flexibility index (Phi) is 3.56. The first-order chi connectivity index (χ1) is 10.1. The van der Waals surface area contributed by atoms with E-state index in [-0.39, 0.29) is 23.6 Å². The van der Waals surface area contributed by atoms with Crippen LogP contribution < -0.4 is 10.1 Å². The van der Waals surface area contributed by atoms with Crippen molar-refractivity contribution in [1.29, 1.82) is 0 Å². The van der Waals surface area contributed by atoms with E-state index < -0.39 is 0 Å². The van der Waals surface area contributed by atoms with Crippen LogP contribution in [0.15, 0.2) is 42.5 Å². The van der Waals surface area contributed by atoms with Crippen molar-refractivity contribution in [3.05, 3.63) is 65.2 Å². The van der Waals surface area contributed by atoms with Crippen LogP contribution in [0.3, 0.4) is 0 Å². The molecule has 1 amide bonds. The van der Waals surface area contributed by atoms with Crippen molar-refractivity contribution in [3.63, 3.8) is 0 Å². The van der Waals surface area contributed by atoms with Crippen molar-refractivity contribution in [3.8, 4) is 5.75 Å². The first kappa shape index (κ1) is 13.5. The van der Waals surface area contributed by atoms with Crippen LogP contribution in [0.5, 0.6) is 5.75 Å². The van der Waals surface area contributed by atoms with Gasteiger partial charge in [0, 0.05) is 17.5 Å². The van der Waals surface area contributed by atoms with E-state index in [9.17, 15) is 13.6 Å². The van der Waals surface area contributed by atoms with Gasteiger partial charge in [-0.25, -0.2) is 8.78 Å². The quantitative estimate of drug-likeness (QED) is 0.943. The van der Waals surface area contributed by atoms with E-state index in [1.807, 2.05) is 0 Å². The molecule has 0 saturated heterocycles. The number of amides is 1. The van der Waals surface area contributed by atoms with Crippen molar-refractivity contribution in [2.75, 3.05) is 6.54 Å². The van der Waals surface area contributed by atoms with E-state index in [0.717, 1.165) is 5.56 Å². The van der Waals surface area contributed by atoms with Gasteiger partial charge in [0.2, 0.25) is 0 Å². The normalized spacial score (nSPS) is 16.2. The lowest BCUT2D eigenvalue weighted by Gasteiger charge is -2.11. The molecule has 0 fully saturated rings. The zero-order valence-corrected chi connectivity index (χ0v) is 11.1. The summed E-state index contributed by atoms with van der Waals surface area (Å²) in [6.07, 6.45) is 0.336. The summed E-state index contributed by atoms with van der Waals surface area (Å²) >= 11 is 0. The number of carbonyl (C=O) groups is 1. The third-order valence-corrected chi connectivity index (χ3v) is 3.36. The lowest BCUT2D eigenvalue weighted by molar-refractivity contribution is 0.0933. The first-order valence-electron chi connectivity index (χ1n) is 6.60. The summed E-state index contributed by atoms with van der Waals surface area (Å²) in [4.78, 5) is 11.9. The van der Waals surface area contributed by atoms with Gasteiger partial charge in [0.15, 0.2) is 0 Å². The van der Waals surface area contributed by atoms with Gasteiger partial charge in [-0.05, 0) is 42.5 Å². The van der Waals surface area contributed by atoms with Crippen molar-refractivity contribution < 1.29 is 18.3 Å². The topological polar surface area (TPSA) is 38.3 Å². The van der Waals surface area contributed by atoms with Crippen molar-refractivity contribution in [2.24, 2.45) is 0 Å². The monoisotopic (exact) mass is 289 g/mol. The summed E-state index contributed by atoms with van der Waals surface area (Å²) < 4.78 is 31.5. The summed E-state index contributed by atoms with van der Waals surface area (Å²) in [7, 11) is 0. The Labute approximate surface area is 120 Å². The highest BCUT2D eigenvalue weighted by molar-refractivity contribution is 5.94. The number of hydrogen-bond acceptors (Lipinski definition) is 2. The lowest BCUT2D eigenvalue weighted by atomic mass is 10.1. The number of benzene rings is 2. The molecule has 3 nitrogen and oxygen atoms in total. The van der Waals surface area contributed by atoms with Crippen LogP contribution in [-0.4, -0.2) is 18.6 Å². The molecule has 0 saturated carbocycles. The van der Waals surface area contributed by atoms with Crippen molar-refractivity contribution in [2.45, 2.75) is 12.5 Å². The van der Waals surface area contributed by atoms with E-state index in [2.05, 4.69) is 5.32 Å². The summed E-state index contributed by atoms with van der Waals surface area (Å²) in [5.41, 5.74) is 1.19. The van der Waals surface area contributed by atoms with Crippen LogP contribution >= 0.6 is 0 Å². The lowest BCUT2D eigenvalue weighted by Crippen LogP contribution is -2.34. The third-order valence-electron chi connectivity index (χ3n) is 3.36. The van der Waals surface area contributed by atoms with E-state index in [1.165, 1.54) is 36.4 Å². The number of nitrogens with one attached hydrogen (secondary N) is 1. The average Bonchev–Trinajstić information content (AvgIpc) is 2.87. The molecule has 21 heavy (non-hydrogen) atoms. The molecule has 0 aliphatic carbocycles. The number of ether oxygens (including phenoxy) is 1. The zero-order chi connectivity index (χ0) is 14.8. The van der Waals surface area contributed by atoms with Gasteiger partial charge in [-0.15, -0.1) is 0 Å². The summed E-state index contributed by atoms with van der Waals surface area (Å²) in [6.45, 7) is 0.312. The Bertz CT molecular complexity index is 670. The van der Waals surface area contributed by atoms with Crippen LogP contribution in [-0.2, 0) is 6.42 Å². The smallest absolute Gasteiger partial charge is 0.251 e. The van der Waals surface area contributed by atoms with E-state index in [4.69, 9.17) is 4.74 Å². The summed E-state index contributed by atoms with van der Waals surface area (Å²) in [6, 6.07) is 9.69. The maximum Gasteiger partial charge on any atom is 0.251 e. The molecule has 1 aliphatic heterocycles. The molecule has 1 heterocycles. The van der Waals surface area contributed by atoms with Gasteiger partial charge < -0.3 is 10.1 Å². The molecule has 3 rings (SSSR count). The molecule has 0 unspecified atom stereocenters. The zero-order valence-electron chi connectivity index (χ0n) is 11.1. The van der Waals surface area contributed by atoms with Gasteiger partial charge in [0.25, 0.3) is 5.91 Å². The van der Waals surface area contributed by atoms with E-state index in [0.29, 0.717) is 24.3 Å². The SMILES string of the molecule is O=C(NC[C@H]1Cc2cc(F)ccc2O1)c1ccc(F)cc1. The average molecular weight is 289 g/mol. The third kappa shape index (κ3) is 3.02. The van der Waals surface area contributed by atoms with Crippen LogP contribution in [0, 0.1) is 11.6 Å². The number of fused-ring (bicyclic) bond motifs is 1. The Morgan fingerprint density at radius 2 is 1.86 bits per heavy atom. The second kappa shape index (κ2) is 5.52. The van der Waals surface area contributed by atoms with Crippen LogP contribution in [0.2, 0.25) is 0 Å². The largest absolute Gasteiger partial charge is 0.488 e. The minimum absolute atomic E-state index is 0.216. The second-order valence-corrected chi connectivity index (χ2v) is 4.91. The standard InChI is InChI=1S/C16H13F2NO2/c17-12-3-1-10(2-4-12)16(20)19-9-14-8-11-7-13(18)5-6-15(11)21-14/h1-7,14H,8-9H2,(H,19,20)/t14-/m1/s1. The molecule has 0 spiro atoms. The Morgan fingerprint density at radius 1 is 1.14 bits per heavy atom. The van der Waals surface area contributed by atoms with Crippen molar-refractivity contribution >= 4 is 5.91 Å². The molecule has 0 aromatic heterocycles. The Balaban J connectivity index is 1.57. The highest BCUT2D eigenvalue weighted by atomic mass is 19.1. The molecule has 2 aromatic rings. The van der Waals surface area contributed by atoms with Gasteiger partial charge in [0.05, 0.1) is 6.54 Å². The Morgan fingerprint density at radius 3 is 2.62 bits per heavy atom. The predicted molar refractivity (Wildman–Crippen MR) is 73.3 cm³/mol. The molecule has 2 aromatic carbocycles. The van der Waals surface area contributed by atoms with Crippen LogP contribution in [0.1, 0.15) is 15.9 Å². The summed E-state index contributed by atoms with van der Waals surface area (Å²) in [5, 5.41) is 2.73. The van der Waals surface area contributed by atoms with Crippen LogP contribution in [0.4, 0.5) is 8.78 Å². The van der Waals surface area contributed by atoms with Crippen LogP contribution in [0.25, 0.3) is 0 Å². The maximum atomic E-state index is 13.1. The molecule has 1 aliphatic rings. The molecule has 0 bridgehead atoms. The minimum Gasteiger partial charge on any atom is -0.488 e. The molecule has 1 atom stereocenters. The molecule has 108 valence electrons. The van der Waals surface area contributed by atoms with Gasteiger partial charge >= 0.3 is 0 Å². The van der Waals surface area contributed by atoms with Gasteiger partial charge in [-0.1, -0.05) is 0 Å². The highest BCUT2D eigenvalue weighted by Gasteiger charge is 2.23. The number of rotatable bonds is 3. The van der Waals surface area contributed by atoms with Crippen molar-refractivity contribution in [1.82, 2.24) is 5.32 Å². The predicted octanol–water partition coefficient (Wildman–Crippen LogP) is 2.70. The molecular weight excluding hydrogens is 276 g/mol. The van der Waals surface area contributed by atoms with E-state index >= 15 is 0 Å². The maximum absolute atomic E-state index is 13.1. The minimum atomic E-state index is -0.386. The van der Waals surface area contributed by atoms with E-state index in [1.54, 1.807) is 6.07 Å². The second-order valence-electron chi connectivity index (χ2n) is 4.91. The fourth-order valence-corrected chi connectivity index (χ4v) is 2.31. The number of hydrogen-bond donors (Lipinski definition) is 1. The molecule has 5 heteroatoms. The molecular formula is C16H13F2NO2. The fourth-order valence-electron chi connectivity index (χ4n) is 2.31. The molecule has 1 N–H and O–H groups in total. The van der Waals surface area contributed by atoms with Gasteiger partial charge in [0.1, 0.15) is 23.5 Å². The Hall–Kier alpha value is -2.43. The highest BCUT2D eigenvalue weighted by Crippen LogP contribution is 2.28.